The van der Waals surface area contributed by atoms with E-state index in [0.717, 1.165) is 11.4 Å². The van der Waals surface area contributed by atoms with Gasteiger partial charge in [0.2, 0.25) is 0 Å². The van der Waals surface area contributed by atoms with E-state index in [4.69, 9.17) is 9.47 Å². The zero-order valence-corrected chi connectivity index (χ0v) is 20.1. The number of anilines is 2. The molecule has 0 N–H and O–H groups in total. The first kappa shape index (κ1) is 26.2. The van der Waals surface area contributed by atoms with E-state index in [1.54, 1.807) is 32.9 Å². The monoisotopic (exact) mass is 428 g/mol. The van der Waals surface area contributed by atoms with E-state index in [-0.39, 0.29) is 11.8 Å². The fraction of sp³-hybridized carbons (Fsp3) is 0.440. The minimum atomic E-state index is -0.756. The van der Waals surface area contributed by atoms with Gasteiger partial charge in [-0.1, -0.05) is 0 Å². The van der Waals surface area contributed by atoms with Gasteiger partial charge in [-0.2, -0.15) is 0 Å². The molecule has 0 spiro atoms. The zero-order valence-electron chi connectivity index (χ0n) is 20.1. The van der Waals surface area contributed by atoms with Crippen LogP contribution in [0.2, 0.25) is 0 Å². The summed E-state index contributed by atoms with van der Waals surface area (Å²) in [5.41, 5.74) is 2.68. The predicted molar refractivity (Wildman–Crippen MR) is 128 cm³/mol. The van der Waals surface area contributed by atoms with Crippen molar-refractivity contribution in [3.8, 4) is 0 Å². The third kappa shape index (κ3) is 8.06. The summed E-state index contributed by atoms with van der Waals surface area (Å²) in [6.07, 6.45) is 0. The molecule has 0 bridgehead atoms. The van der Waals surface area contributed by atoms with E-state index in [9.17, 15) is 9.59 Å². The van der Waals surface area contributed by atoms with E-state index < -0.39 is 5.60 Å². The highest BCUT2D eigenvalue weighted by atomic mass is 16.5. The number of hydrogen-bond acceptors (Lipinski definition) is 6. The van der Waals surface area contributed by atoms with Crippen LogP contribution in [0.3, 0.4) is 0 Å². The summed E-state index contributed by atoms with van der Waals surface area (Å²) in [6.45, 7) is 8.25. The van der Waals surface area contributed by atoms with Crippen molar-refractivity contribution in [2.75, 3.05) is 51.2 Å². The SMILES string of the molecule is CCOC(=O)c1ccc(N(C)C)cc1.CCOC(C)(C)C(=O)c1ccc(N(C)C)cc1. The van der Waals surface area contributed by atoms with Crippen LogP contribution < -0.4 is 9.80 Å². The fourth-order valence-corrected chi connectivity index (χ4v) is 2.80. The Labute approximate surface area is 186 Å². The van der Waals surface area contributed by atoms with Crippen LogP contribution in [0.1, 0.15) is 48.4 Å². The van der Waals surface area contributed by atoms with Crippen molar-refractivity contribution >= 4 is 23.1 Å². The molecule has 0 fully saturated rings. The highest BCUT2D eigenvalue weighted by molar-refractivity contribution is 6.02. The van der Waals surface area contributed by atoms with Gasteiger partial charge in [0.25, 0.3) is 0 Å². The first-order valence-corrected chi connectivity index (χ1v) is 10.4. The molecule has 0 amide bonds. The topological polar surface area (TPSA) is 59.1 Å². The summed E-state index contributed by atoms with van der Waals surface area (Å²) < 4.78 is 10.3. The van der Waals surface area contributed by atoms with E-state index in [1.165, 1.54) is 0 Å². The van der Waals surface area contributed by atoms with Gasteiger partial charge >= 0.3 is 5.97 Å². The number of esters is 1. The largest absolute Gasteiger partial charge is 0.462 e. The molecular formula is C25H36N2O4. The van der Waals surface area contributed by atoms with Crippen LogP contribution in [0, 0.1) is 0 Å². The standard InChI is InChI=1S/C14H21NO2.C11H15NO2/c1-6-17-14(2,3)13(16)11-7-9-12(10-8-11)15(4)5;1-4-14-11(13)9-5-7-10(8-6-9)12(2)3/h7-10H,6H2,1-5H3;5-8H,4H2,1-3H3. The van der Waals surface area contributed by atoms with E-state index in [2.05, 4.69) is 0 Å². The predicted octanol–water partition coefficient (Wildman–Crippen LogP) is 4.68. The summed E-state index contributed by atoms with van der Waals surface area (Å²) in [7, 11) is 7.86. The quantitative estimate of drug-likeness (QED) is 0.449. The normalized spacial score (nSPS) is 10.6. The van der Waals surface area contributed by atoms with Crippen LogP contribution in [-0.2, 0) is 9.47 Å². The lowest BCUT2D eigenvalue weighted by atomic mass is 9.96. The minimum absolute atomic E-state index is 0.0182. The second-order valence-electron chi connectivity index (χ2n) is 7.88. The molecule has 0 saturated carbocycles. The lowest BCUT2D eigenvalue weighted by molar-refractivity contribution is 0.00126. The van der Waals surface area contributed by atoms with Gasteiger partial charge in [0.1, 0.15) is 5.60 Å². The van der Waals surface area contributed by atoms with Gasteiger partial charge in [0.05, 0.1) is 12.2 Å². The minimum Gasteiger partial charge on any atom is -0.462 e. The van der Waals surface area contributed by atoms with E-state index >= 15 is 0 Å². The van der Waals surface area contributed by atoms with Gasteiger partial charge in [0, 0.05) is 51.7 Å². The molecular weight excluding hydrogens is 392 g/mol. The van der Waals surface area contributed by atoms with Crippen LogP contribution >= 0.6 is 0 Å². The molecule has 0 heterocycles. The molecule has 2 aromatic rings. The lowest BCUT2D eigenvalue weighted by Gasteiger charge is -2.23. The maximum absolute atomic E-state index is 12.2. The Bertz CT molecular complexity index is 826. The Balaban J connectivity index is 0.000000316. The van der Waals surface area contributed by atoms with Crippen molar-refractivity contribution in [1.29, 1.82) is 0 Å². The first-order valence-electron chi connectivity index (χ1n) is 10.4. The van der Waals surface area contributed by atoms with Crippen molar-refractivity contribution in [2.24, 2.45) is 0 Å². The third-order valence-electron chi connectivity index (χ3n) is 4.59. The average molecular weight is 429 g/mol. The zero-order chi connectivity index (χ0) is 23.6. The number of benzene rings is 2. The van der Waals surface area contributed by atoms with Crippen molar-refractivity contribution in [2.45, 2.75) is 33.3 Å². The molecule has 31 heavy (non-hydrogen) atoms. The summed E-state index contributed by atoms with van der Waals surface area (Å²) in [6, 6.07) is 14.9. The van der Waals surface area contributed by atoms with Crippen LogP contribution in [-0.4, -0.2) is 58.8 Å². The lowest BCUT2D eigenvalue weighted by Crippen LogP contribution is -2.35. The molecule has 0 aromatic heterocycles. The first-order chi connectivity index (χ1) is 14.5. The van der Waals surface area contributed by atoms with E-state index in [1.807, 2.05) is 81.3 Å². The van der Waals surface area contributed by atoms with Crippen LogP contribution in [0.15, 0.2) is 48.5 Å². The number of carbonyl (C=O) groups excluding carboxylic acids is 2. The molecule has 2 aromatic carbocycles. The van der Waals surface area contributed by atoms with Gasteiger partial charge in [-0.05, 0) is 76.2 Å². The molecule has 0 radical (unpaired) electrons. The van der Waals surface area contributed by atoms with Gasteiger partial charge in [0.15, 0.2) is 5.78 Å². The number of rotatable bonds is 8. The van der Waals surface area contributed by atoms with Gasteiger partial charge in [-0.25, -0.2) is 4.79 Å². The Morgan fingerprint density at radius 3 is 1.52 bits per heavy atom. The Kier molecular flexibility index (Phi) is 10.2. The highest BCUT2D eigenvalue weighted by Gasteiger charge is 2.28. The van der Waals surface area contributed by atoms with Crippen LogP contribution in [0.5, 0.6) is 0 Å². The maximum Gasteiger partial charge on any atom is 0.338 e. The second-order valence-corrected chi connectivity index (χ2v) is 7.88. The maximum atomic E-state index is 12.2. The van der Waals surface area contributed by atoms with Crippen molar-refractivity contribution in [3.63, 3.8) is 0 Å². The molecule has 0 aliphatic heterocycles. The number of hydrogen-bond donors (Lipinski definition) is 0. The molecule has 6 heteroatoms. The summed E-state index contributed by atoms with van der Waals surface area (Å²) >= 11 is 0. The number of Topliss-reactive ketones (excluding diaryl/α,β-unsaturated/α-hetero) is 1. The average Bonchev–Trinajstić information content (AvgIpc) is 2.74. The van der Waals surface area contributed by atoms with Crippen LogP contribution in [0.25, 0.3) is 0 Å². The molecule has 170 valence electrons. The number of nitrogens with zero attached hydrogens (tertiary/aromatic N) is 2. The number of ether oxygens (including phenoxy) is 2. The van der Waals surface area contributed by atoms with Crippen molar-refractivity contribution < 1.29 is 19.1 Å². The molecule has 2 rings (SSSR count). The molecule has 0 aliphatic rings. The Morgan fingerprint density at radius 1 is 0.742 bits per heavy atom. The number of ketones is 1. The van der Waals surface area contributed by atoms with Crippen molar-refractivity contribution in [3.05, 3.63) is 59.7 Å². The molecule has 6 nitrogen and oxygen atoms in total. The summed E-state index contributed by atoms with van der Waals surface area (Å²) in [5.74, 6) is -0.248. The second kappa shape index (κ2) is 12.1. The highest BCUT2D eigenvalue weighted by Crippen LogP contribution is 2.20. The third-order valence-corrected chi connectivity index (χ3v) is 4.59. The van der Waals surface area contributed by atoms with Crippen molar-refractivity contribution in [1.82, 2.24) is 0 Å². The van der Waals surface area contributed by atoms with E-state index in [0.29, 0.717) is 24.3 Å². The Hall–Kier alpha value is -2.86. The summed E-state index contributed by atoms with van der Waals surface area (Å²) in [4.78, 5) is 27.5. The molecule has 0 atom stereocenters. The Morgan fingerprint density at radius 2 is 1.16 bits per heavy atom. The smallest absolute Gasteiger partial charge is 0.338 e. The summed E-state index contributed by atoms with van der Waals surface area (Å²) in [5, 5.41) is 0. The fourth-order valence-electron chi connectivity index (χ4n) is 2.80. The van der Waals surface area contributed by atoms with Gasteiger partial charge in [-0.3, -0.25) is 4.79 Å². The number of carbonyl (C=O) groups is 2. The molecule has 0 unspecified atom stereocenters. The van der Waals surface area contributed by atoms with Gasteiger partial charge < -0.3 is 19.3 Å². The van der Waals surface area contributed by atoms with Crippen LogP contribution in [0.4, 0.5) is 11.4 Å². The molecule has 0 saturated heterocycles. The van der Waals surface area contributed by atoms with Gasteiger partial charge in [-0.15, -0.1) is 0 Å². The molecule has 0 aliphatic carbocycles.